The van der Waals surface area contributed by atoms with Crippen LogP contribution in [0.3, 0.4) is 0 Å². The number of aromatic nitrogens is 1. The standard InChI is InChI=1S/C26H19F3N2O2/c1-14-16-6-4-7-17(19-11-15(27)12-21(28)24(19)29)20(16)13-30-25(14)26(32)31-22-9-10-33-23-8-3-2-5-18(22)23/h2-8,11-13,22H,9-10H2,1H3,(H,31,32). The number of carbonyl (C=O) groups is 1. The third-order valence-electron chi connectivity index (χ3n) is 5.95. The van der Waals surface area contributed by atoms with E-state index in [1.54, 1.807) is 25.1 Å². The highest BCUT2D eigenvalue weighted by Gasteiger charge is 2.25. The van der Waals surface area contributed by atoms with Crippen LogP contribution in [-0.2, 0) is 0 Å². The first kappa shape index (κ1) is 21.0. The van der Waals surface area contributed by atoms with Crippen molar-refractivity contribution < 1.29 is 22.7 Å². The number of aryl methyl sites for hydroxylation is 1. The average Bonchev–Trinajstić information content (AvgIpc) is 2.81. The van der Waals surface area contributed by atoms with Gasteiger partial charge in [0.2, 0.25) is 0 Å². The number of hydrogen-bond donors (Lipinski definition) is 1. The number of amides is 1. The first-order chi connectivity index (χ1) is 15.9. The summed E-state index contributed by atoms with van der Waals surface area (Å²) in [7, 11) is 0. The fourth-order valence-electron chi connectivity index (χ4n) is 4.32. The van der Waals surface area contributed by atoms with E-state index in [0.29, 0.717) is 41.0 Å². The number of para-hydroxylation sites is 1. The van der Waals surface area contributed by atoms with Crippen LogP contribution >= 0.6 is 0 Å². The van der Waals surface area contributed by atoms with Crippen LogP contribution in [-0.4, -0.2) is 17.5 Å². The summed E-state index contributed by atoms with van der Waals surface area (Å²) in [5.74, 6) is -2.88. The molecule has 1 aliphatic heterocycles. The molecule has 0 saturated heterocycles. The van der Waals surface area contributed by atoms with Gasteiger partial charge >= 0.3 is 0 Å². The van der Waals surface area contributed by atoms with Crippen LogP contribution in [0, 0.1) is 24.4 Å². The van der Waals surface area contributed by atoms with Crippen molar-refractivity contribution in [2.45, 2.75) is 19.4 Å². The smallest absolute Gasteiger partial charge is 0.270 e. The van der Waals surface area contributed by atoms with Gasteiger partial charge in [-0.25, -0.2) is 13.2 Å². The van der Waals surface area contributed by atoms with Crippen molar-refractivity contribution in [2.75, 3.05) is 6.61 Å². The predicted molar refractivity (Wildman–Crippen MR) is 119 cm³/mol. The van der Waals surface area contributed by atoms with E-state index in [1.165, 1.54) is 6.20 Å². The van der Waals surface area contributed by atoms with Crippen molar-refractivity contribution in [1.82, 2.24) is 10.3 Å². The number of ether oxygens (including phenoxy) is 1. The van der Waals surface area contributed by atoms with Gasteiger partial charge in [0.1, 0.15) is 17.3 Å². The quantitative estimate of drug-likeness (QED) is 0.398. The van der Waals surface area contributed by atoms with E-state index >= 15 is 0 Å². The van der Waals surface area contributed by atoms with Crippen molar-refractivity contribution in [3.8, 4) is 16.9 Å². The molecule has 1 N–H and O–H groups in total. The lowest BCUT2D eigenvalue weighted by Gasteiger charge is -2.26. The normalized spacial score (nSPS) is 15.1. The number of benzene rings is 3. The van der Waals surface area contributed by atoms with Gasteiger partial charge in [0.05, 0.1) is 12.6 Å². The maximum absolute atomic E-state index is 14.4. The summed E-state index contributed by atoms with van der Waals surface area (Å²) >= 11 is 0. The molecule has 3 aromatic carbocycles. The fourth-order valence-corrected chi connectivity index (χ4v) is 4.32. The molecule has 4 aromatic rings. The average molecular weight is 448 g/mol. The Morgan fingerprint density at radius 3 is 2.70 bits per heavy atom. The molecule has 7 heteroatoms. The Morgan fingerprint density at radius 2 is 1.85 bits per heavy atom. The van der Waals surface area contributed by atoms with E-state index in [9.17, 15) is 18.0 Å². The molecule has 0 saturated carbocycles. The maximum atomic E-state index is 14.4. The molecular formula is C26H19F3N2O2. The molecule has 0 bridgehead atoms. The van der Waals surface area contributed by atoms with Gasteiger partial charge in [-0.05, 0) is 35.6 Å². The molecular weight excluding hydrogens is 429 g/mol. The molecule has 0 spiro atoms. The lowest BCUT2D eigenvalue weighted by atomic mass is 9.95. The topological polar surface area (TPSA) is 51.2 Å². The van der Waals surface area contributed by atoms with E-state index in [2.05, 4.69) is 10.3 Å². The highest BCUT2D eigenvalue weighted by molar-refractivity contribution is 6.03. The molecule has 0 radical (unpaired) electrons. The zero-order valence-electron chi connectivity index (χ0n) is 17.7. The summed E-state index contributed by atoms with van der Waals surface area (Å²) in [5.41, 5.74) is 1.82. The monoisotopic (exact) mass is 448 g/mol. The fraction of sp³-hybridized carbons (Fsp3) is 0.154. The summed E-state index contributed by atoms with van der Waals surface area (Å²) < 4.78 is 47.7. The highest BCUT2D eigenvalue weighted by atomic mass is 19.2. The first-order valence-corrected chi connectivity index (χ1v) is 10.5. The number of nitrogens with zero attached hydrogens (tertiary/aromatic N) is 1. The lowest BCUT2D eigenvalue weighted by Crippen LogP contribution is -2.33. The first-order valence-electron chi connectivity index (χ1n) is 10.5. The van der Waals surface area contributed by atoms with Crippen molar-refractivity contribution >= 4 is 16.7 Å². The van der Waals surface area contributed by atoms with Crippen LogP contribution in [0.25, 0.3) is 21.9 Å². The van der Waals surface area contributed by atoms with Crippen LogP contribution in [0.2, 0.25) is 0 Å². The number of rotatable bonds is 3. The highest BCUT2D eigenvalue weighted by Crippen LogP contribution is 2.35. The molecule has 1 aromatic heterocycles. The molecule has 1 unspecified atom stereocenters. The van der Waals surface area contributed by atoms with Gasteiger partial charge < -0.3 is 10.1 Å². The number of pyridine rings is 1. The van der Waals surface area contributed by atoms with Gasteiger partial charge in [0.25, 0.3) is 5.91 Å². The molecule has 166 valence electrons. The van der Waals surface area contributed by atoms with Crippen LogP contribution in [0.15, 0.2) is 60.8 Å². The number of halogens is 3. The maximum Gasteiger partial charge on any atom is 0.270 e. The van der Waals surface area contributed by atoms with E-state index < -0.39 is 17.5 Å². The SMILES string of the molecule is Cc1c(C(=O)NC2CCOc3ccccc32)ncc2c(-c3cc(F)cc(F)c3F)cccc12. The Hall–Kier alpha value is -3.87. The van der Waals surface area contributed by atoms with E-state index in [-0.39, 0.29) is 23.2 Å². The Balaban J connectivity index is 1.53. The minimum atomic E-state index is -1.26. The largest absolute Gasteiger partial charge is 0.493 e. The van der Waals surface area contributed by atoms with E-state index in [4.69, 9.17) is 4.74 Å². The number of hydrogen-bond acceptors (Lipinski definition) is 3. The molecule has 0 fully saturated rings. The summed E-state index contributed by atoms with van der Waals surface area (Å²) in [6.07, 6.45) is 2.07. The minimum absolute atomic E-state index is 0.199. The number of fused-ring (bicyclic) bond motifs is 2. The summed E-state index contributed by atoms with van der Waals surface area (Å²) in [5, 5.41) is 4.16. The Bertz CT molecular complexity index is 1400. The third-order valence-corrected chi connectivity index (χ3v) is 5.95. The second-order valence-electron chi connectivity index (χ2n) is 7.95. The second kappa shape index (κ2) is 8.24. The van der Waals surface area contributed by atoms with E-state index in [0.717, 1.165) is 17.4 Å². The van der Waals surface area contributed by atoms with Crippen molar-refractivity contribution in [3.05, 3.63) is 95.1 Å². The van der Waals surface area contributed by atoms with Gasteiger partial charge in [-0.15, -0.1) is 0 Å². The van der Waals surface area contributed by atoms with Crippen molar-refractivity contribution in [1.29, 1.82) is 0 Å². The lowest BCUT2D eigenvalue weighted by molar-refractivity contribution is 0.0919. The molecule has 0 aliphatic carbocycles. The summed E-state index contributed by atoms with van der Waals surface area (Å²) in [4.78, 5) is 17.4. The summed E-state index contributed by atoms with van der Waals surface area (Å²) in [6.45, 7) is 2.24. The van der Waals surface area contributed by atoms with Crippen LogP contribution in [0.5, 0.6) is 5.75 Å². The predicted octanol–water partition coefficient (Wildman–Crippen LogP) is 5.88. The number of carbonyl (C=O) groups excluding carboxylic acids is 1. The van der Waals surface area contributed by atoms with E-state index in [1.807, 2.05) is 24.3 Å². The molecule has 1 aliphatic rings. The van der Waals surface area contributed by atoms with Crippen molar-refractivity contribution in [3.63, 3.8) is 0 Å². The Kier molecular flexibility index (Phi) is 5.24. The number of nitrogens with one attached hydrogen (secondary N) is 1. The molecule has 4 nitrogen and oxygen atoms in total. The summed E-state index contributed by atoms with van der Waals surface area (Å²) in [6, 6.07) is 13.8. The van der Waals surface area contributed by atoms with Gasteiger partial charge in [-0.2, -0.15) is 0 Å². The zero-order chi connectivity index (χ0) is 23.1. The van der Waals surface area contributed by atoms with Crippen LogP contribution in [0.1, 0.15) is 34.1 Å². The van der Waals surface area contributed by atoms with Gasteiger partial charge in [0, 0.05) is 35.2 Å². The second-order valence-corrected chi connectivity index (χ2v) is 7.95. The Labute approximate surface area is 188 Å². The van der Waals surface area contributed by atoms with Gasteiger partial charge in [0.15, 0.2) is 11.6 Å². The molecule has 1 atom stereocenters. The zero-order valence-corrected chi connectivity index (χ0v) is 17.7. The van der Waals surface area contributed by atoms with Gasteiger partial charge in [-0.1, -0.05) is 36.4 Å². The third kappa shape index (κ3) is 3.69. The molecule has 5 rings (SSSR count). The molecule has 33 heavy (non-hydrogen) atoms. The minimum Gasteiger partial charge on any atom is -0.493 e. The molecule has 1 amide bonds. The van der Waals surface area contributed by atoms with Crippen LogP contribution in [0.4, 0.5) is 13.2 Å². The van der Waals surface area contributed by atoms with Crippen LogP contribution < -0.4 is 10.1 Å². The van der Waals surface area contributed by atoms with Crippen molar-refractivity contribution in [2.24, 2.45) is 0 Å². The molecule has 2 heterocycles. The Morgan fingerprint density at radius 1 is 1.03 bits per heavy atom. The van der Waals surface area contributed by atoms with Gasteiger partial charge in [-0.3, -0.25) is 9.78 Å².